The van der Waals surface area contributed by atoms with E-state index in [1.165, 1.54) is 98.3 Å². The second-order valence-corrected chi connectivity index (χ2v) is 14.9. The van der Waals surface area contributed by atoms with Crippen LogP contribution in [0.4, 0.5) is 0 Å². The van der Waals surface area contributed by atoms with Crippen molar-refractivity contribution in [2.24, 2.45) is 11.3 Å². The second kappa shape index (κ2) is 17.7. The molecular weight excluding hydrogens is 703 g/mol. The summed E-state index contributed by atoms with van der Waals surface area (Å²) < 4.78 is 3.34. The van der Waals surface area contributed by atoms with Crippen LogP contribution in [0.3, 0.4) is 0 Å². The summed E-state index contributed by atoms with van der Waals surface area (Å²) in [6.45, 7) is 22.7. The molecule has 0 aromatic heterocycles. The fourth-order valence-corrected chi connectivity index (χ4v) is 7.07. The summed E-state index contributed by atoms with van der Waals surface area (Å²) in [6, 6.07) is 22.3. The Balaban J connectivity index is 0.000000422. The summed E-state index contributed by atoms with van der Waals surface area (Å²) in [5.41, 5.74) is 16.3. The van der Waals surface area contributed by atoms with E-state index in [1.54, 1.807) is 0 Å². The third-order valence-electron chi connectivity index (χ3n) is 9.34. The monoisotopic (exact) mass is 756 g/mol. The van der Waals surface area contributed by atoms with Crippen LogP contribution < -0.4 is 0 Å². The largest absolute Gasteiger partial charge is 0.358 e. The summed E-state index contributed by atoms with van der Waals surface area (Å²) in [5, 5.41) is 0. The Hall–Kier alpha value is -2.05. The second-order valence-electron chi connectivity index (χ2n) is 14.9. The van der Waals surface area contributed by atoms with E-state index in [-0.39, 0.29) is 43.1 Å². The van der Waals surface area contributed by atoms with Gasteiger partial charge in [0, 0.05) is 5.41 Å². The number of hydrogen-bond donors (Lipinski definition) is 0. The molecule has 0 heterocycles. The number of halogens is 2. The molecule has 1 unspecified atom stereocenters. The maximum absolute atomic E-state index is 3.65. The standard InChI is InChI=1S/C25H25.C12H19.C6H5.CH3.CH2.2ClH.Zr/c1-14-12-24(3,4)22-8-16-7-17-9-23-19(15(2)13-25(23,5)6)11-21(17)20(16)10-18(14)22;1-5-6-10-7-8-11(9-10)12(2,3)4;1-2-4-6-5-3-1;;;;;/h8-12H,7H2,1-6H3;8-10H,5-6H2,1-4H3;1-5H;1H3;1H2;2*1H;/q4*-1;;;;. The van der Waals surface area contributed by atoms with Crippen molar-refractivity contribution in [2.45, 2.75) is 99.3 Å². The number of hydrogen-bond acceptors (Lipinski definition) is 0. The fraction of sp³-hybridized carbons (Fsp3) is 0.378. The van der Waals surface area contributed by atoms with Crippen molar-refractivity contribution in [1.82, 2.24) is 0 Å². The van der Waals surface area contributed by atoms with E-state index >= 15 is 0 Å². The zero-order valence-corrected chi connectivity index (χ0v) is 35.2. The van der Waals surface area contributed by atoms with Gasteiger partial charge in [-0.05, 0) is 58.4 Å². The number of allylic oxidation sites excluding steroid dienone is 8. The third kappa shape index (κ3) is 9.59. The van der Waals surface area contributed by atoms with Gasteiger partial charge in [0.05, 0.1) is 0 Å². The molecule has 3 aromatic carbocycles. The van der Waals surface area contributed by atoms with Gasteiger partial charge in [-0.25, -0.2) is 11.6 Å². The van der Waals surface area contributed by atoms with Crippen LogP contribution in [0.15, 0.2) is 78.4 Å². The summed E-state index contributed by atoms with van der Waals surface area (Å²) in [4.78, 5) is 0. The molecule has 1 atom stereocenters. The van der Waals surface area contributed by atoms with Crippen LogP contribution in [0, 0.1) is 37.0 Å². The van der Waals surface area contributed by atoms with Gasteiger partial charge in [-0.2, -0.15) is 53.6 Å². The first kappa shape index (κ1) is 44.0. The Morgan fingerprint density at radius 2 is 1.40 bits per heavy atom. The minimum atomic E-state index is 0. The Morgan fingerprint density at radius 1 is 0.833 bits per heavy atom. The molecule has 0 bridgehead atoms. The van der Waals surface area contributed by atoms with E-state index in [0.717, 1.165) is 6.42 Å². The van der Waals surface area contributed by atoms with E-state index in [9.17, 15) is 0 Å². The molecule has 0 N–H and O–H groups in total. The van der Waals surface area contributed by atoms with Gasteiger partial charge >= 0.3 is 28.4 Å². The first-order valence-electron chi connectivity index (χ1n) is 16.5. The maximum atomic E-state index is 3.65. The number of fused-ring (bicyclic) bond motifs is 5. The predicted octanol–water partition coefficient (Wildman–Crippen LogP) is 12.9. The molecule has 0 nitrogen and oxygen atoms in total. The molecule has 0 aliphatic heterocycles. The first-order valence-corrected chi connectivity index (χ1v) is 18.2. The van der Waals surface area contributed by atoms with Crippen molar-refractivity contribution in [3.05, 3.63) is 137 Å². The normalized spacial score (nSPS) is 17.5. The summed E-state index contributed by atoms with van der Waals surface area (Å²) in [5.74, 6) is 0.587. The quantitative estimate of drug-likeness (QED) is 0.179. The smallest absolute Gasteiger partial charge is 0.171 e. The zero-order chi connectivity index (χ0) is 33.2. The van der Waals surface area contributed by atoms with Gasteiger partial charge in [0.1, 0.15) is 0 Å². The number of benzene rings is 3. The van der Waals surface area contributed by atoms with Crippen LogP contribution in [0.5, 0.6) is 0 Å². The number of rotatable bonds is 2. The predicted molar refractivity (Wildman–Crippen MR) is 214 cm³/mol. The molecule has 0 radical (unpaired) electrons. The van der Waals surface area contributed by atoms with E-state index in [0.29, 0.717) is 11.3 Å². The van der Waals surface area contributed by atoms with Gasteiger partial charge in [0.25, 0.3) is 0 Å². The molecule has 4 aliphatic carbocycles. The van der Waals surface area contributed by atoms with E-state index < -0.39 is 0 Å². The van der Waals surface area contributed by atoms with E-state index in [2.05, 4.69) is 134 Å². The minimum Gasteiger partial charge on any atom is -0.358 e. The third-order valence-corrected chi connectivity index (χ3v) is 9.34. The van der Waals surface area contributed by atoms with Crippen LogP contribution >= 0.6 is 24.8 Å². The first-order chi connectivity index (χ1) is 21.2. The van der Waals surface area contributed by atoms with Gasteiger partial charge in [-0.15, -0.1) is 36.4 Å². The van der Waals surface area contributed by atoms with Crippen molar-refractivity contribution in [2.75, 3.05) is 0 Å². The molecular formula is C45H56Cl2Zr-4. The van der Waals surface area contributed by atoms with Crippen molar-refractivity contribution in [3.8, 4) is 11.1 Å². The molecule has 258 valence electrons. The Morgan fingerprint density at radius 3 is 1.88 bits per heavy atom. The molecule has 0 fully saturated rings. The van der Waals surface area contributed by atoms with E-state index in [1.807, 2.05) is 30.3 Å². The van der Waals surface area contributed by atoms with Crippen LogP contribution in [0.1, 0.15) is 115 Å². The summed E-state index contributed by atoms with van der Waals surface area (Å²) in [7, 11) is 0. The molecule has 0 spiro atoms. The molecule has 3 aromatic rings. The SMILES string of the molecule is CC1=[C-]C(C)(C)c2cc3c(cc21)-c1cc2c(cc1C3)C(C)(C)C=C2C.CCCC1[C-]=CC(C(C)(C)C)=C1.Cl.Cl.[CH2]=[Zr].[CH3-].[c-]1ccccc1. The topological polar surface area (TPSA) is 0 Å². The average molecular weight is 759 g/mol. The Kier molecular flexibility index (Phi) is 16.3. The van der Waals surface area contributed by atoms with Crippen molar-refractivity contribution in [1.29, 1.82) is 0 Å². The van der Waals surface area contributed by atoms with Gasteiger partial charge < -0.3 is 7.43 Å². The minimum absolute atomic E-state index is 0. The summed E-state index contributed by atoms with van der Waals surface area (Å²) in [6.07, 6.45) is 17.6. The zero-order valence-electron chi connectivity index (χ0n) is 31.2. The Bertz CT molecular complexity index is 1550. The maximum Gasteiger partial charge on any atom is -0.171 e. The molecule has 0 saturated carbocycles. The van der Waals surface area contributed by atoms with Gasteiger partial charge in [0.15, 0.2) is 0 Å². The van der Waals surface area contributed by atoms with Gasteiger partial charge in [-0.3, -0.25) is 12.2 Å². The van der Waals surface area contributed by atoms with Crippen LogP contribution in [0.25, 0.3) is 22.3 Å². The fourth-order valence-electron chi connectivity index (χ4n) is 7.07. The molecule has 4 aliphatic rings. The molecule has 48 heavy (non-hydrogen) atoms. The Labute approximate surface area is 321 Å². The van der Waals surface area contributed by atoms with Crippen LogP contribution in [0.2, 0.25) is 0 Å². The van der Waals surface area contributed by atoms with Crippen molar-refractivity contribution in [3.63, 3.8) is 0 Å². The average Bonchev–Trinajstić information content (AvgIpc) is 3.72. The van der Waals surface area contributed by atoms with Crippen molar-refractivity contribution >= 4 is 40.2 Å². The van der Waals surface area contributed by atoms with Gasteiger partial charge in [-0.1, -0.05) is 110 Å². The van der Waals surface area contributed by atoms with Crippen LogP contribution in [-0.4, -0.2) is 4.21 Å². The van der Waals surface area contributed by atoms with E-state index in [4.69, 9.17) is 0 Å². The molecule has 0 amide bonds. The summed E-state index contributed by atoms with van der Waals surface area (Å²) >= 11 is 1.30. The van der Waals surface area contributed by atoms with Gasteiger partial charge in [0.2, 0.25) is 0 Å². The molecule has 7 rings (SSSR count). The molecule has 3 heteroatoms. The molecule has 0 saturated heterocycles. The van der Waals surface area contributed by atoms with Crippen molar-refractivity contribution < 1.29 is 24.2 Å². The van der Waals surface area contributed by atoms with Crippen LogP contribution in [-0.2, 0) is 41.5 Å².